The van der Waals surface area contributed by atoms with Gasteiger partial charge in [-0.05, 0) is 55.0 Å². The van der Waals surface area contributed by atoms with Crippen molar-refractivity contribution in [2.45, 2.75) is 6.92 Å². The monoisotopic (exact) mass is 373 g/mol. The van der Waals surface area contributed by atoms with Crippen LogP contribution in [0.3, 0.4) is 0 Å². The fourth-order valence-electron chi connectivity index (χ4n) is 2.82. The lowest BCUT2D eigenvalue weighted by molar-refractivity contribution is 0.102. The number of nitrogens with one attached hydrogen (secondary N) is 1. The molecule has 1 aromatic heterocycles. The fraction of sp³-hybridized carbons (Fsp3) is 0.0455. The molecule has 0 atom stereocenters. The average Bonchev–Trinajstić information content (AvgIpc) is 3.20. The summed E-state index contributed by atoms with van der Waals surface area (Å²) in [5.41, 5.74) is 3.26. The minimum atomic E-state index is -0.342. The molecule has 0 aliphatic carbocycles. The van der Waals surface area contributed by atoms with Crippen molar-refractivity contribution in [1.29, 1.82) is 0 Å². The van der Waals surface area contributed by atoms with Gasteiger partial charge in [0.1, 0.15) is 5.82 Å². The van der Waals surface area contributed by atoms with Crippen LogP contribution in [0, 0.1) is 12.7 Å². The highest BCUT2D eigenvalue weighted by Crippen LogP contribution is 2.26. The van der Waals surface area contributed by atoms with Crippen molar-refractivity contribution in [1.82, 2.24) is 10.1 Å². The number of hydrogen-bond donors (Lipinski definition) is 1. The molecule has 0 spiro atoms. The van der Waals surface area contributed by atoms with Gasteiger partial charge in [-0.15, -0.1) is 0 Å². The molecule has 4 aromatic rings. The van der Waals surface area contributed by atoms with E-state index in [1.54, 1.807) is 36.4 Å². The molecule has 0 aliphatic rings. The molecule has 3 aromatic carbocycles. The van der Waals surface area contributed by atoms with Gasteiger partial charge in [-0.2, -0.15) is 4.98 Å². The molecule has 0 fully saturated rings. The quantitative estimate of drug-likeness (QED) is 0.540. The largest absolute Gasteiger partial charge is 0.334 e. The molecule has 0 radical (unpaired) electrons. The van der Waals surface area contributed by atoms with E-state index in [2.05, 4.69) is 15.5 Å². The Hall–Kier alpha value is -3.80. The van der Waals surface area contributed by atoms with E-state index in [0.717, 1.165) is 11.3 Å². The molecular formula is C22H16FN3O2. The number of para-hydroxylation sites is 1. The van der Waals surface area contributed by atoms with E-state index in [-0.39, 0.29) is 17.6 Å². The first-order valence-electron chi connectivity index (χ1n) is 8.68. The van der Waals surface area contributed by atoms with Crippen LogP contribution in [0.15, 0.2) is 77.3 Å². The normalized spacial score (nSPS) is 10.6. The standard InChI is InChI=1S/C22H16FN3O2/c1-14-6-2-5-9-19(14)24-21(27)17-7-3-4-8-18(17)22-25-20(26-28-22)15-10-12-16(23)13-11-15/h2-13H,1H3,(H,24,27). The van der Waals surface area contributed by atoms with Crippen molar-refractivity contribution in [3.63, 3.8) is 0 Å². The van der Waals surface area contributed by atoms with Crippen molar-refractivity contribution in [2.24, 2.45) is 0 Å². The molecule has 138 valence electrons. The maximum Gasteiger partial charge on any atom is 0.259 e. The third kappa shape index (κ3) is 3.53. The van der Waals surface area contributed by atoms with Crippen LogP contribution in [0.5, 0.6) is 0 Å². The minimum absolute atomic E-state index is 0.217. The Morgan fingerprint density at radius 1 is 0.964 bits per heavy atom. The highest BCUT2D eigenvalue weighted by atomic mass is 19.1. The van der Waals surface area contributed by atoms with Crippen molar-refractivity contribution in [3.05, 3.63) is 89.7 Å². The molecular weight excluding hydrogens is 357 g/mol. The highest BCUT2D eigenvalue weighted by molar-refractivity contribution is 6.08. The van der Waals surface area contributed by atoms with Crippen LogP contribution in [0.25, 0.3) is 22.8 Å². The summed E-state index contributed by atoms with van der Waals surface area (Å²) < 4.78 is 18.5. The summed E-state index contributed by atoms with van der Waals surface area (Å²) >= 11 is 0. The van der Waals surface area contributed by atoms with E-state index >= 15 is 0 Å². The number of rotatable bonds is 4. The van der Waals surface area contributed by atoms with E-state index in [0.29, 0.717) is 22.5 Å². The molecule has 6 heteroatoms. The molecule has 0 unspecified atom stereocenters. The minimum Gasteiger partial charge on any atom is -0.334 e. The van der Waals surface area contributed by atoms with Crippen LogP contribution in [-0.2, 0) is 0 Å². The summed E-state index contributed by atoms with van der Waals surface area (Å²) in [5.74, 6) is -0.0731. The zero-order chi connectivity index (χ0) is 19.5. The third-order valence-corrected chi connectivity index (χ3v) is 4.32. The molecule has 1 heterocycles. The van der Waals surface area contributed by atoms with E-state index in [9.17, 15) is 9.18 Å². The Labute approximate surface area is 160 Å². The van der Waals surface area contributed by atoms with Crippen LogP contribution in [0.1, 0.15) is 15.9 Å². The number of nitrogens with zero attached hydrogens (tertiary/aromatic N) is 2. The van der Waals surface area contributed by atoms with Crippen LogP contribution in [0.2, 0.25) is 0 Å². The van der Waals surface area contributed by atoms with Crippen LogP contribution >= 0.6 is 0 Å². The zero-order valence-corrected chi connectivity index (χ0v) is 15.0. The van der Waals surface area contributed by atoms with Crippen molar-refractivity contribution in [2.75, 3.05) is 5.32 Å². The molecule has 5 nitrogen and oxygen atoms in total. The van der Waals surface area contributed by atoms with Crippen molar-refractivity contribution < 1.29 is 13.7 Å². The Morgan fingerprint density at radius 3 is 2.46 bits per heavy atom. The third-order valence-electron chi connectivity index (χ3n) is 4.32. The van der Waals surface area contributed by atoms with Gasteiger partial charge in [0.15, 0.2) is 0 Å². The molecule has 0 bridgehead atoms. The van der Waals surface area contributed by atoms with Gasteiger partial charge >= 0.3 is 0 Å². The number of carbonyl (C=O) groups is 1. The number of aromatic nitrogens is 2. The van der Waals surface area contributed by atoms with Gasteiger partial charge in [0.2, 0.25) is 5.82 Å². The van der Waals surface area contributed by atoms with Crippen LogP contribution in [-0.4, -0.2) is 16.0 Å². The van der Waals surface area contributed by atoms with Crippen molar-refractivity contribution >= 4 is 11.6 Å². The zero-order valence-electron chi connectivity index (χ0n) is 15.0. The summed E-state index contributed by atoms with van der Waals surface area (Å²) in [6.07, 6.45) is 0. The molecule has 0 saturated heterocycles. The van der Waals surface area contributed by atoms with Crippen molar-refractivity contribution in [3.8, 4) is 22.8 Å². The lowest BCUT2D eigenvalue weighted by Gasteiger charge is -2.09. The fourth-order valence-corrected chi connectivity index (χ4v) is 2.82. The maximum absolute atomic E-state index is 13.1. The summed E-state index contributed by atoms with van der Waals surface area (Å²) in [4.78, 5) is 17.2. The Bertz CT molecular complexity index is 1140. The molecule has 28 heavy (non-hydrogen) atoms. The SMILES string of the molecule is Cc1ccccc1NC(=O)c1ccccc1-c1nc(-c2ccc(F)cc2)no1. The number of carbonyl (C=O) groups excluding carboxylic acids is 1. The summed E-state index contributed by atoms with van der Waals surface area (Å²) in [6, 6.07) is 20.3. The topological polar surface area (TPSA) is 68.0 Å². The molecule has 4 rings (SSSR count). The average molecular weight is 373 g/mol. The lowest BCUT2D eigenvalue weighted by Crippen LogP contribution is -2.13. The summed E-state index contributed by atoms with van der Waals surface area (Å²) in [7, 11) is 0. The van der Waals surface area contributed by atoms with E-state index in [1.165, 1.54) is 12.1 Å². The second-order valence-corrected chi connectivity index (χ2v) is 6.24. The number of hydrogen-bond acceptors (Lipinski definition) is 4. The number of halogens is 1. The van der Waals surface area contributed by atoms with E-state index in [4.69, 9.17) is 4.52 Å². The Balaban J connectivity index is 1.66. The number of anilines is 1. The summed E-state index contributed by atoms with van der Waals surface area (Å²) in [6.45, 7) is 1.93. The highest BCUT2D eigenvalue weighted by Gasteiger charge is 2.18. The van der Waals surface area contributed by atoms with Gasteiger partial charge in [0.05, 0.1) is 11.1 Å². The molecule has 0 aliphatic heterocycles. The maximum atomic E-state index is 13.1. The second kappa shape index (κ2) is 7.44. The van der Waals surface area contributed by atoms with Crippen LogP contribution < -0.4 is 5.32 Å². The van der Waals surface area contributed by atoms with Gasteiger partial charge in [0, 0.05) is 11.3 Å². The molecule has 1 N–H and O–H groups in total. The van der Waals surface area contributed by atoms with E-state index < -0.39 is 0 Å². The first kappa shape index (κ1) is 17.6. The van der Waals surface area contributed by atoms with Gasteiger partial charge in [0.25, 0.3) is 11.8 Å². The molecule has 1 amide bonds. The van der Waals surface area contributed by atoms with Gasteiger partial charge in [-0.1, -0.05) is 35.5 Å². The number of benzene rings is 3. The Kier molecular flexibility index (Phi) is 4.68. The van der Waals surface area contributed by atoms with Gasteiger partial charge < -0.3 is 9.84 Å². The molecule has 0 saturated carbocycles. The van der Waals surface area contributed by atoms with Gasteiger partial charge in [-0.25, -0.2) is 4.39 Å². The summed E-state index contributed by atoms with van der Waals surface area (Å²) in [5, 5.41) is 6.86. The predicted molar refractivity (Wildman–Crippen MR) is 104 cm³/mol. The smallest absolute Gasteiger partial charge is 0.259 e. The Morgan fingerprint density at radius 2 is 1.68 bits per heavy atom. The number of aryl methyl sites for hydroxylation is 1. The second-order valence-electron chi connectivity index (χ2n) is 6.24. The first-order valence-corrected chi connectivity index (χ1v) is 8.68. The lowest BCUT2D eigenvalue weighted by atomic mass is 10.1. The first-order chi connectivity index (χ1) is 13.6. The predicted octanol–water partition coefficient (Wildman–Crippen LogP) is 5.10. The van der Waals surface area contributed by atoms with Gasteiger partial charge in [-0.3, -0.25) is 4.79 Å². The van der Waals surface area contributed by atoms with Crippen LogP contribution in [0.4, 0.5) is 10.1 Å². The van der Waals surface area contributed by atoms with E-state index in [1.807, 2.05) is 31.2 Å². The number of amides is 1.